The third-order valence-electron chi connectivity index (χ3n) is 4.22. The molecular formula is C17H13N7O. The van der Waals surface area contributed by atoms with Gasteiger partial charge in [0.2, 0.25) is 0 Å². The van der Waals surface area contributed by atoms with Crippen LogP contribution >= 0.6 is 0 Å². The molecule has 0 aliphatic heterocycles. The zero-order valence-electron chi connectivity index (χ0n) is 13.4. The van der Waals surface area contributed by atoms with Gasteiger partial charge in [0.25, 0.3) is 0 Å². The number of nitrogens with zero attached hydrogens (tertiary/aromatic N) is 7. The smallest absolute Gasteiger partial charge is 0.140 e. The first-order valence-corrected chi connectivity index (χ1v) is 7.79. The maximum atomic E-state index is 4.84. The molecule has 4 aromatic heterocycles. The van der Waals surface area contributed by atoms with Gasteiger partial charge in [0, 0.05) is 36.1 Å². The van der Waals surface area contributed by atoms with Gasteiger partial charge in [-0.1, -0.05) is 12.1 Å². The van der Waals surface area contributed by atoms with Crippen LogP contribution in [0.5, 0.6) is 0 Å². The minimum absolute atomic E-state index is 0.563. The van der Waals surface area contributed by atoms with Crippen molar-refractivity contribution in [2.45, 2.75) is 6.54 Å². The molecule has 0 N–H and O–H groups in total. The Morgan fingerprint density at radius 1 is 1.00 bits per heavy atom. The lowest BCUT2D eigenvalue weighted by Gasteiger charge is -2.05. The van der Waals surface area contributed by atoms with E-state index in [-0.39, 0.29) is 0 Å². The van der Waals surface area contributed by atoms with Crippen molar-refractivity contribution in [3.05, 3.63) is 54.6 Å². The molecule has 0 aliphatic carbocycles. The Bertz CT molecular complexity index is 1200. The summed E-state index contributed by atoms with van der Waals surface area (Å²) in [7, 11) is 1.90. The Balaban J connectivity index is 1.60. The third-order valence-corrected chi connectivity index (χ3v) is 4.22. The van der Waals surface area contributed by atoms with Crippen molar-refractivity contribution in [2.75, 3.05) is 0 Å². The van der Waals surface area contributed by atoms with Crippen LogP contribution in [0.1, 0.15) is 5.56 Å². The van der Waals surface area contributed by atoms with Gasteiger partial charge < -0.3 is 0 Å². The molecule has 5 rings (SSSR count). The Morgan fingerprint density at radius 3 is 2.84 bits per heavy atom. The van der Waals surface area contributed by atoms with Gasteiger partial charge in [-0.05, 0) is 22.4 Å². The van der Waals surface area contributed by atoms with Crippen LogP contribution in [0.3, 0.4) is 0 Å². The van der Waals surface area contributed by atoms with Crippen LogP contribution in [0.2, 0.25) is 0 Å². The van der Waals surface area contributed by atoms with E-state index in [1.165, 1.54) is 0 Å². The number of fused-ring (bicyclic) bond motifs is 2. The monoisotopic (exact) mass is 331 g/mol. The van der Waals surface area contributed by atoms with E-state index in [1.807, 2.05) is 48.5 Å². The predicted molar refractivity (Wildman–Crippen MR) is 90.6 cm³/mol. The molecule has 0 bridgehead atoms. The van der Waals surface area contributed by atoms with E-state index in [4.69, 9.17) is 4.63 Å². The zero-order chi connectivity index (χ0) is 16.8. The van der Waals surface area contributed by atoms with Gasteiger partial charge in [-0.3, -0.25) is 14.3 Å². The number of aromatic nitrogens is 7. The molecule has 4 heterocycles. The topological polar surface area (TPSA) is 87.5 Å². The average Bonchev–Trinajstić information content (AvgIpc) is 3.35. The highest BCUT2D eigenvalue weighted by atomic mass is 16.6. The van der Waals surface area contributed by atoms with E-state index in [0.29, 0.717) is 6.54 Å². The second-order valence-electron chi connectivity index (χ2n) is 5.88. The number of rotatable bonds is 3. The molecule has 0 spiro atoms. The second-order valence-corrected chi connectivity index (χ2v) is 5.88. The van der Waals surface area contributed by atoms with Crippen molar-refractivity contribution >= 4 is 22.1 Å². The van der Waals surface area contributed by atoms with E-state index in [2.05, 4.69) is 31.6 Å². The zero-order valence-corrected chi connectivity index (χ0v) is 13.4. The number of aryl methyl sites for hydroxylation is 1. The molecule has 0 unspecified atom stereocenters. The lowest BCUT2D eigenvalue weighted by Crippen LogP contribution is -2.02. The third kappa shape index (κ3) is 2.26. The first-order valence-electron chi connectivity index (χ1n) is 7.79. The van der Waals surface area contributed by atoms with E-state index < -0.39 is 0 Å². The predicted octanol–water partition coefficient (Wildman–Crippen LogP) is 2.42. The van der Waals surface area contributed by atoms with E-state index in [0.717, 1.165) is 38.8 Å². The molecule has 5 aromatic rings. The summed E-state index contributed by atoms with van der Waals surface area (Å²) in [6, 6.07) is 7.89. The highest BCUT2D eigenvalue weighted by Gasteiger charge is 2.11. The van der Waals surface area contributed by atoms with Gasteiger partial charge in [-0.2, -0.15) is 10.2 Å². The molecule has 0 saturated heterocycles. The molecule has 122 valence electrons. The van der Waals surface area contributed by atoms with Crippen LogP contribution < -0.4 is 0 Å². The largest absolute Gasteiger partial charge is 0.275 e. The van der Waals surface area contributed by atoms with Gasteiger partial charge in [-0.15, -0.1) is 0 Å². The first-order chi connectivity index (χ1) is 12.3. The van der Waals surface area contributed by atoms with Gasteiger partial charge in [-0.25, -0.2) is 4.63 Å². The summed E-state index contributed by atoms with van der Waals surface area (Å²) in [5.74, 6) is 0. The summed E-state index contributed by atoms with van der Waals surface area (Å²) in [5, 5.41) is 16.6. The standard InChI is InChI=1S/C17H13N7O/c1-23-9-13(7-19-23)12-5-16-15(18-6-12)8-20-24(16)10-11-3-2-4-14-17(11)22-25-21-14/h2-9H,10H2,1H3. The molecular weight excluding hydrogens is 318 g/mol. The Hall–Kier alpha value is -3.55. The Kier molecular flexibility index (Phi) is 2.90. The van der Waals surface area contributed by atoms with Crippen molar-refractivity contribution in [1.29, 1.82) is 0 Å². The van der Waals surface area contributed by atoms with Crippen molar-refractivity contribution in [3.8, 4) is 11.1 Å². The summed E-state index contributed by atoms with van der Waals surface area (Å²) in [4.78, 5) is 4.51. The van der Waals surface area contributed by atoms with Gasteiger partial charge in [0.1, 0.15) is 16.6 Å². The fourth-order valence-electron chi connectivity index (χ4n) is 2.96. The quantitative estimate of drug-likeness (QED) is 0.504. The molecule has 0 fully saturated rings. The summed E-state index contributed by atoms with van der Waals surface area (Å²) in [6.45, 7) is 0.563. The molecule has 8 heteroatoms. The fraction of sp³-hybridized carbons (Fsp3) is 0.118. The van der Waals surface area contributed by atoms with Crippen LogP contribution in [0, 0.1) is 0 Å². The summed E-state index contributed by atoms with van der Waals surface area (Å²) >= 11 is 0. The Labute approximate surface area is 141 Å². The van der Waals surface area contributed by atoms with Crippen molar-refractivity contribution in [3.63, 3.8) is 0 Å². The molecule has 0 atom stereocenters. The maximum absolute atomic E-state index is 4.84. The lowest BCUT2D eigenvalue weighted by molar-refractivity contribution is 0.315. The first kappa shape index (κ1) is 13.8. The normalized spacial score (nSPS) is 11.6. The second kappa shape index (κ2) is 5.23. The van der Waals surface area contributed by atoms with Crippen LogP contribution in [-0.2, 0) is 13.6 Å². The summed E-state index contributed by atoms with van der Waals surface area (Å²) < 4.78 is 8.52. The molecule has 1 aromatic carbocycles. The SMILES string of the molecule is Cn1cc(-c2cnc3cnn(Cc4cccc5nonc45)c3c2)cn1. The van der Waals surface area contributed by atoms with Crippen molar-refractivity contribution in [1.82, 2.24) is 34.9 Å². The molecule has 0 amide bonds. The van der Waals surface area contributed by atoms with E-state index in [1.54, 1.807) is 10.9 Å². The number of hydrogen-bond donors (Lipinski definition) is 0. The molecule has 25 heavy (non-hydrogen) atoms. The van der Waals surface area contributed by atoms with Crippen LogP contribution in [0.25, 0.3) is 33.2 Å². The van der Waals surface area contributed by atoms with Crippen molar-refractivity contribution in [2.24, 2.45) is 7.05 Å². The van der Waals surface area contributed by atoms with Gasteiger partial charge in [0.15, 0.2) is 0 Å². The van der Waals surface area contributed by atoms with E-state index >= 15 is 0 Å². The van der Waals surface area contributed by atoms with Gasteiger partial charge >= 0.3 is 0 Å². The van der Waals surface area contributed by atoms with Crippen molar-refractivity contribution < 1.29 is 4.63 Å². The minimum Gasteiger partial charge on any atom is -0.275 e. The van der Waals surface area contributed by atoms with Crippen LogP contribution in [-0.4, -0.2) is 34.9 Å². The minimum atomic E-state index is 0.563. The molecule has 0 saturated carbocycles. The lowest BCUT2D eigenvalue weighted by atomic mass is 10.1. The van der Waals surface area contributed by atoms with Gasteiger partial charge in [0.05, 0.1) is 24.5 Å². The van der Waals surface area contributed by atoms with E-state index in [9.17, 15) is 0 Å². The summed E-state index contributed by atoms with van der Waals surface area (Å²) in [6.07, 6.45) is 7.40. The highest BCUT2D eigenvalue weighted by Crippen LogP contribution is 2.23. The Morgan fingerprint density at radius 2 is 1.96 bits per heavy atom. The van der Waals surface area contributed by atoms with Crippen LogP contribution in [0.15, 0.2) is 53.7 Å². The number of pyridine rings is 1. The number of benzene rings is 1. The molecule has 0 radical (unpaired) electrons. The maximum Gasteiger partial charge on any atom is 0.140 e. The highest BCUT2D eigenvalue weighted by molar-refractivity contribution is 5.81. The number of hydrogen-bond acceptors (Lipinski definition) is 6. The molecule has 8 nitrogen and oxygen atoms in total. The molecule has 0 aliphatic rings. The van der Waals surface area contributed by atoms with Crippen LogP contribution in [0.4, 0.5) is 0 Å². The summed E-state index contributed by atoms with van der Waals surface area (Å²) in [5.41, 5.74) is 6.31. The average molecular weight is 331 g/mol. The fourth-order valence-corrected chi connectivity index (χ4v) is 2.96.